The van der Waals surface area contributed by atoms with Crippen molar-refractivity contribution in [3.8, 4) is 0 Å². The van der Waals surface area contributed by atoms with E-state index in [0.29, 0.717) is 30.9 Å². The third kappa shape index (κ3) is 16.5. The van der Waals surface area contributed by atoms with E-state index in [1.807, 2.05) is 32.2 Å². The summed E-state index contributed by atoms with van der Waals surface area (Å²) in [6.45, 7) is 12.5. The van der Waals surface area contributed by atoms with E-state index in [9.17, 15) is 23.6 Å². The zero-order valence-corrected chi connectivity index (χ0v) is 34.8. The molecule has 2 aromatic rings. The van der Waals surface area contributed by atoms with Gasteiger partial charge in [0.2, 0.25) is 5.76 Å². The molecule has 0 radical (unpaired) electrons. The number of ether oxygens (including phenoxy) is 3. The van der Waals surface area contributed by atoms with E-state index in [0.717, 1.165) is 81.9 Å². The highest BCUT2D eigenvalue weighted by Crippen LogP contribution is 2.37. The third-order valence-corrected chi connectivity index (χ3v) is 10.9. The molecule has 1 amide bonds. The second-order valence-electron chi connectivity index (χ2n) is 16.2. The van der Waals surface area contributed by atoms with Gasteiger partial charge in [-0.2, -0.15) is 0 Å². The molecular weight excluding hydrogens is 719 g/mol. The summed E-state index contributed by atoms with van der Waals surface area (Å²) in [6, 6.07) is 7.09. The minimum Gasteiger partial charge on any atom is -0.460 e. The van der Waals surface area contributed by atoms with Crippen molar-refractivity contribution in [1.82, 2.24) is 15.1 Å². The average Bonchev–Trinajstić information content (AvgIpc) is 3.81. The van der Waals surface area contributed by atoms with Crippen molar-refractivity contribution in [2.24, 2.45) is 17.8 Å². The lowest BCUT2D eigenvalue weighted by molar-refractivity contribution is -0.113. The zero-order chi connectivity index (χ0) is 40.9. The largest absolute Gasteiger partial charge is 0.460 e. The predicted molar refractivity (Wildman–Crippen MR) is 218 cm³/mol. The van der Waals surface area contributed by atoms with Gasteiger partial charge >= 0.3 is 12.1 Å². The number of anilines is 1. The van der Waals surface area contributed by atoms with Crippen molar-refractivity contribution in [1.29, 1.82) is 0 Å². The summed E-state index contributed by atoms with van der Waals surface area (Å²) in [5.74, 6) is 1.37. The number of carbonyl (C=O) groups is 4. The number of furan rings is 1. The number of halogens is 1. The molecule has 4 atom stereocenters. The fourth-order valence-electron chi connectivity index (χ4n) is 7.59. The van der Waals surface area contributed by atoms with Gasteiger partial charge in [0.1, 0.15) is 30.4 Å². The molecule has 1 aromatic carbocycles. The number of esters is 1. The number of rotatable bonds is 16. The number of amides is 1. The molecule has 12 nitrogen and oxygen atoms in total. The molecule has 0 spiro atoms. The minimum atomic E-state index is -0.628. The van der Waals surface area contributed by atoms with Crippen LogP contribution in [-0.4, -0.2) is 119 Å². The minimum absolute atomic E-state index is 0.0294. The van der Waals surface area contributed by atoms with Crippen LogP contribution in [0.5, 0.6) is 0 Å². The average molecular weight is 789 g/mol. The van der Waals surface area contributed by atoms with E-state index in [4.69, 9.17) is 18.6 Å². The summed E-state index contributed by atoms with van der Waals surface area (Å²) in [5.41, 5.74) is 1.07. The number of likely N-dealkylation sites (N-methyl/N-ethyl adjacent to an activating group) is 1. The molecule has 56 heavy (non-hydrogen) atoms. The lowest BCUT2D eigenvalue weighted by atomic mass is 9.77. The van der Waals surface area contributed by atoms with Crippen LogP contribution in [0.15, 0.2) is 28.7 Å². The smallest absolute Gasteiger partial charge is 0.407 e. The summed E-state index contributed by atoms with van der Waals surface area (Å²) in [7, 11) is 3.94. The summed E-state index contributed by atoms with van der Waals surface area (Å²) in [4.78, 5) is 49.8. The van der Waals surface area contributed by atoms with Crippen molar-refractivity contribution in [3.63, 3.8) is 0 Å². The zero-order valence-electron chi connectivity index (χ0n) is 34.8. The molecule has 3 aliphatic rings. The molecular formula is C43H69FN4O8. The van der Waals surface area contributed by atoms with E-state index in [1.54, 1.807) is 26.8 Å². The topological polar surface area (TPSA) is 140 Å². The Bertz CT molecular complexity index is 1450. The SMILES string of the molecule is CCC(C=O)CCCC(CF)NC(=O)OC(C)(C)C.CN1CCC(C2CCCCC2)C1C=O.CNc1ccc2oc(C(=O)OCCCN3CCOCC3)cc2c1. The van der Waals surface area contributed by atoms with Crippen molar-refractivity contribution in [3.05, 3.63) is 30.0 Å². The Morgan fingerprint density at radius 2 is 1.75 bits per heavy atom. The molecule has 0 bridgehead atoms. The monoisotopic (exact) mass is 789 g/mol. The van der Waals surface area contributed by atoms with Crippen LogP contribution in [0.3, 0.4) is 0 Å². The molecule has 1 saturated carbocycles. The number of morpholine rings is 1. The molecule has 3 heterocycles. The van der Waals surface area contributed by atoms with Crippen molar-refractivity contribution in [2.45, 2.75) is 116 Å². The van der Waals surface area contributed by atoms with Gasteiger partial charge in [-0.15, -0.1) is 0 Å². The van der Waals surface area contributed by atoms with Crippen molar-refractivity contribution >= 4 is 41.3 Å². The van der Waals surface area contributed by atoms with E-state index < -0.39 is 30.4 Å². The maximum absolute atomic E-state index is 12.8. The number of alkyl carbamates (subject to hydrolysis) is 1. The van der Waals surface area contributed by atoms with Crippen LogP contribution >= 0.6 is 0 Å². The maximum Gasteiger partial charge on any atom is 0.407 e. The lowest BCUT2D eigenvalue weighted by Crippen LogP contribution is -2.40. The fourth-order valence-corrected chi connectivity index (χ4v) is 7.59. The quantitative estimate of drug-likeness (QED) is 0.0984. The van der Waals surface area contributed by atoms with E-state index in [1.165, 1.54) is 44.8 Å². The van der Waals surface area contributed by atoms with Gasteiger partial charge in [0.25, 0.3) is 0 Å². The first-order valence-corrected chi connectivity index (χ1v) is 20.8. The number of nitrogens with zero attached hydrogens (tertiary/aromatic N) is 2. The summed E-state index contributed by atoms with van der Waals surface area (Å²) in [5, 5.41) is 6.45. The van der Waals surface area contributed by atoms with Crippen LogP contribution in [0.1, 0.15) is 109 Å². The maximum atomic E-state index is 12.8. The lowest BCUT2D eigenvalue weighted by Gasteiger charge is -2.30. The number of carbonyl (C=O) groups excluding carboxylic acids is 4. The molecule has 316 valence electrons. The second kappa shape index (κ2) is 24.9. The molecule has 2 saturated heterocycles. The number of benzene rings is 1. The summed E-state index contributed by atoms with van der Waals surface area (Å²) in [6.07, 6.45) is 13.2. The van der Waals surface area contributed by atoms with E-state index in [-0.39, 0.29) is 17.7 Å². The van der Waals surface area contributed by atoms with Gasteiger partial charge in [-0.1, -0.05) is 45.4 Å². The predicted octanol–water partition coefficient (Wildman–Crippen LogP) is 7.68. The Morgan fingerprint density at radius 1 is 1.02 bits per heavy atom. The van der Waals surface area contributed by atoms with Crippen LogP contribution in [0.4, 0.5) is 14.9 Å². The molecule has 1 aromatic heterocycles. The first-order valence-electron chi connectivity index (χ1n) is 20.8. The van der Waals surface area contributed by atoms with Gasteiger partial charge < -0.3 is 38.9 Å². The number of fused-ring (bicyclic) bond motifs is 1. The highest BCUT2D eigenvalue weighted by molar-refractivity contribution is 5.93. The molecule has 4 unspecified atom stereocenters. The van der Waals surface area contributed by atoms with Gasteiger partial charge in [0.05, 0.1) is 31.9 Å². The van der Waals surface area contributed by atoms with Crippen LogP contribution < -0.4 is 10.6 Å². The molecule has 2 aliphatic heterocycles. The number of hydrogen-bond donors (Lipinski definition) is 2. The normalized spacial score (nSPS) is 20.4. The van der Waals surface area contributed by atoms with Gasteiger partial charge in [-0.25, -0.2) is 14.0 Å². The number of aldehydes is 2. The Balaban J connectivity index is 0.000000232. The van der Waals surface area contributed by atoms with E-state index >= 15 is 0 Å². The Kier molecular flexibility index (Phi) is 20.9. The van der Waals surface area contributed by atoms with Gasteiger partial charge in [0.15, 0.2) is 0 Å². The van der Waals surface area contributed by atoms with Crippen LogP contribution in [0, 0.1) is 17.8 Å². The summed E-state index contributed by atoms with van der Waals surface area (Å²) < 4.78 is 34.0. The highest BCUT2D eigenvalue weighted by atomic mass is 19.1. The number of nitrogens with one attached hydrogen (secondary N) is 2. The number of alkyl halides is 1. The Hall–Kier alpha value is -3.55. The Morgan fingerprint density at radius 3 is 2.38 bits per heavy atom. The second-order valence-corrected chi connectivity index (χ2v) is 16.2. The molecule has 5 rings (SSSR count). The highest BCUT2D eigenvalue weighted by Gasteiger charge is 2.37. The Labute approximate surface area is 333 Å². The van der Waals surface area contributed by atoms with Gasteiger partial charge in [-0.3, -0.25) is 9.80 Å². The number of likely N-dealkylation sites (tertiary alicyclic amines) is 1. The molecule has 13 heteroatoms. The third-order valence-electron chi connectivity index (χ3n) is 10.9. The standard InChI is InChI=1S/C17H22N2O4.C14H26FNO3.C12H21NO/c1-18-14-3-4-15-13(11-14)12-16(23-15)17(20)22-8-2-5-19-6-9-21-10-7-19;1-5-11(10-17)7-6-8-12(9-15)16-13(18)19-14(2,3)4;1-13-8-7-11(12(13)9-14)10-5-3-2-4-6-10/h3-4,11-12,18H,2,5-10H2,1H3;10-12H,5-9H2,1-4H3,(H,16,18);9-12H,2-8H2,1H3. The van der Waals surface area contributed by atoms with E-state index in [2.05, 4.69) is 27.5 Å². The van der Waals surface area contributed by atoms with Gasteiger partial charge in [0, 0.05) is 43.7 Å². The van der Waals surface area contributed by atoms with Gasteiger partial charge in [-0.05, 0) is 103 Å². The summed E-state index contributed by atoms with van der Waals surface area (Å²) >= 11 is 0. The number of hydrogen-bond acceptors (Lipinski definition) is 11. The first-order chi connectivity index (χ1) is 26.9. The fraction of sp³-hybridized carbons (Fsp3) is 0.721. The van der Waals surface area contributed by atoms with Crippen LogP contribution in [0.25, 0.3) is 11.0 Å². The van der Waals surface area contributed by atoms with Crippen LogP contribution in [-0.2, 0) is 23.8 Å². The van der Waals surface area contributed by atoms with Crippen LogP contribution in [0.2, 0.25) is 0 Å². The molecule has 1 aliphatic carbocycles. The van der Waals surface area contributed by atoms with Crippen molar-refractivity contribution in [2.75, 3.05) is 72.1 Å². The van der Waals surface area contributed by atoms with Crippen molar-refractivity contribution < 1.29 is 42.2 Å². The molecule has 3 fully saturated rings. The molecule has 2 N–H and O–H groups in total. The first kappa shape index (κ1) is 46.8.